The normalized spacial score (nSPS) is 16.0. The van der Waals surface area contributed by atoms with Crippen molar-refractivity contribution >= 4 is 27.5 Å². The maximum atomic E-state index is 9.35. The summed E-state index contributed by atoms with van der Waals surface area (Å²) in [6, 6.07) is 7.26. The Morgan fingerprint density at radius 1 is 1.47 bits per heavy atom. The molecule has 0 saturated carbocycles. The van der Waals surface area contributed by atoms with Crippen LogP contribution in [-0.4, -0.2) is 17.3 Å². The second kappa shape index (κ2) is 6.36. The van der Waals surface area contributed by atoms with Gasteiger partial charge in [-0.3, -0.25) is 0 Å². The molecule has 3 unspecified atom stereocenters. The largest absolute Gasteiger partial charge is 0.391 e. The summed E-state index contributed by atoms with van der Waals surface area (Å²) in [4.78, 5) is 0. The second-order valence-corrected chi connectivity index (χ2v) is 5.08. The van der Waals surface area contributed by atoms with E-state index >= 15 is 0 Å². The van der Waals surface area contributed by atoms with Crippen molar-refractivity contribution in [1.29, 1.82) is 5.26 Å². The number of benzene rings is 1. The van der Waals surface area contributed by atoms with Crippen LogP contribution in [0.15, 0.2) is 22.7 Å². The lowest BCUT2D eigenvalue weighted by molar-refractivity contribution is -0.0425. The Kier molecular flexibility index (Phi) is 5.41. The summed E-state index contributed by atoms with van der Waals surface area (Å²) in [5.41, 5.74) is 0.602. The number of hydrogen-bond acceptors (Lipinski definition) is 3. The Balaban J connectivity index is 2.91. The van der Waals surface area contributed by atoms with Crippen molar-refractivity contribution in [2.75, 3.05) is 0 Å². The first-order valence-electron chi connectivity index (χ1n) is 5.13. The monoisotopic (exact) mass is 317 g/mol. The fourth-order valence-corrected chi connectivity index (χ4v) is 1.99. The Labute approximate surface area is 114 Å². The van der Waals surface area contributed by atoms with E-state index in [9.17, 15) is 5.11 Å². The fourth-order valence-electron chi connectivity index (χ4n) is 1.22. The third kappa shape index (κ3) is 3.97. The molecule has 0 heterocycles. The average Bonchev–Trinajstić information content (AvgIpc) is 2.26. The van der Waals surface area contributed by atoms with Crippen molar-refractivity contribution < 1.29 is 9.84 Å². The van der Waals surface area contributed by atoms with Gasteiger partial charge in [-0.1, -0.05) is 33.6 Å². The predicted molar refractivity (Wildman–Crippen MR) is 69.7 cm³/mol. The van der Waals surface area contributed by atoms with E-state index in [0.717, 1.165) is 4.47 Å². The SMILES string of the molecule is CC(O)C(C)OC(C#N)c1ccc(Br)cc1Cl. The van der Waals surface area contributed by atoms with E-state index in [1.54, 1.807) is 32.0 Å². The van der Waals surface area contributed by atoms with Gasteiger partial charge in [0.15, 0.2) is 6.10 Å². The number of halogens is 2. The topological polar surface area (TPSA) is 53.2 Å². The predicted octanol–water partition coefficient (Wildman–Crippen LogP) is 3.45. The van der Waals surface area contributed by atoms with E-state index < -0.39 is 18.3 Å². The molecule has 0 saturated heterocycles. The zero-order valence-electron chi connectivity index (χ0n) is 9.52. The smallest absolute Gasteiger partial charge is 0.170 e. The molecule has 0 spiro atoms. The Morgan fingerprint density at radius 3 is 2.59 bits per heavy atom. The van der Waals surface area contributed by atoms with Crippen molar-refractivity contribution in [1.82, 2.24) is 0 Å². The molecular weight excluding hydrogens is 305 g/mol. The van der Waals surface area contributed by atoms with Crippen LogP contribution in [0.5, 0.6) is 0 Å². The van der Waals surface area contributed by atoms with Crippen LogP contribution in [0, 0.1) is 11.3 Å². The van der Waals surface area contributed by atoms with Crippen LogP contribution in [0.4, 0.5) is 0 Å². The molecule has 0 amide bonds. The summed E-state index contributed by atoms with van der Waals surface area (Å²) in [5, 5.41) is 18.9. The number of aliphatic hydroxyl groups is 1. The van der Waals surface area contributed by atoms with Crippen molar-refractivity contribution in [3.63, 3.8) is 0 Å². The van der Waals surface area contributed by atoms with E-state index in [4.69, 9.17) is 21.6 Å². The minimum atomic E-state index is -0.778. The zero-order valence-corrected chi connectivity index (χ0v) is 11.9. The van der Waals surface area contributed by atoms with Gasteiger partial charge in [-0.05, 0) is 26.0 Å². The average molecular weight is 319 g/mol. The van der Waals surface area contributed by atoms with Crippen molar-refractivity contribution in [2.24, 2.45) is 0 Å². The maximum Gasteiger partial charge on any atom is 0.170 e. The van der Waals surface area contributed by atoms with Gasteiger partial charge in [-0.2, -0.15) is 5.26 Å². The molecule has 0 aliphatic heterocycles. The molecule has 1 N–H and O–H groups in total. The summed E-state index contributed by atoms with van der Waals surface area (Å²) in [6.45, 7) is 3.32. The van der Waals surface area contributed by atoms with Gasteiger partial charge in [0.1, 0.15) is 0 Å². The summed E-state index contributed by atoms with van der Waals surface area (Å²) in [5.74, 6) is 0. The molecule has 1 aromatic carbocycles. The van der Waals surface area contributed by atoms with Crippen molar-refractivity contribution in [3.8, 4) is 6.07 Å². The van der Waals surface area contributed by atoms with E-state index in [2.05, 4.69) is 15.9 Å². The molecule has 92 valence electrons. The van der Waals surface area contributed by atoms with E-state index in [-0.39, 0.29) is 0 Å². The highest BCUT2D eigenvalue weighted by Crippen LogP contribution is 2.29. The maximum absolute atomic E-state index is 9.35. The van der Waals surface area contributed by atoms with E-state index in [0.29, 0.717) is 10.6 Å². The second-order valence-electron chi connectivity index (χ2n) is 3.76. The van der Waals surface area contributed by atoms with Gasteiger partial charge in [0.2, 0.25) is 0 Å². The summed E-state index contributed by atoms with van der Waals surface area (Å²) >= 11 is 9.34. The third-order valence-electron chi connectivity index (χ3n) is 2.39. The van der Waals surface area contributed by atoms with Crippen molar-refractivity contribution in [2.45, 2.75) is 32.2 Å². The minimum Gasteiger partial charge on any atom is -0.391 e. The number of ether oxygens (including phenoxy) is 1. The van der Waals surface area contributed by atoms with Crippen LogP contribution >= 0.6 is 27.5 Å². The number of hydrogen-bond donors (Lipinski definition) is 1. The molecule has 0 aromatic heterocycles. The van der Waals surface area contributed by atoms with Gasteiger partial charge in [0, 0.05) is 15.1 Å². The van der Waals surface area contributed by atoms with Gasteiger partial charge in [-0.25, -0.2) is 0 Å². The van der Waals surface area contributed by atoms with Crippen LogP contribution in [-0.2, 0) is 4.74 Å². The lowest BCUT2D eigenvalue weighted by Gasteiger charge is -2.20. The Morgan fingerprint density at radius 2 is 2.12 bits per heavy atom. The molecule has 5 heteroatoms. The highest BCUT2D eigenvalue weighted by atomic mass is 79.9. The first-order valence-corrected chi connectivity index (χ1v) is 6.31. The fraction of sp³-hybridized carbons (Fsp3) is 0.417. The summed E-state index contributed by atoms with van der Waals surface area (Å²) in [6.07, 6.45) is -1.85. The van der Waals surface area contributed by atoms with Gasteiger partial charge >= 0.3 is 0 Å². The first kappa shape index (κ1) is 14.5. The van der Waals surface area contributed by atoms with Crippen LogP contribution < -0.4 is 0 Å². The van der Waals surface area contributed by atoms with Crippen LogP contribution in [0.1, 0.15) is 25.5 Å². The molecule has 0 aliphatic rings. The zero-order chi connectivity index (χ0) is 13.0. The van der Waals surface area contributed by atoms with Crippen LogP contribution in [0.25, 0.3) is 0 Å². The summed E-state index contributed by atoms with van der Waals surface area (Å²) < 4.78 is 6.30. The standard InChI is InChI=1S/C12H13BrClNO2/c1-7(16)8(2)17-12(6-15)10-4-3-9(13)5-11(10)14/h3-5,7-8,12,16H,1-2H3. The molecule has 0 aliphatic carbocycles. The molecule has 17 heavy (non-hydrogen) atoms. The van der Waals surface area contributed by atoms with Gasteiger partial charge in [-0.15, -0.1) is 0 Å². The van der Waals surface area contributed by atoms with Gasteiger partial charge in [0.25, 0.3) is 0 Å². The van der Waals surface area contributed by atoms with Crippen LogP contribution in [0.3, 0.4) is 0 Å². The molecule has 1 rings (SSSR count). The number of rotatable bonds is 4. The highest BCUT2D eigenvalue weighted by Gasteiger charge is 2.20. The highest BCUT2D eigenvalue weighted by molar-refractivity contribution is 9.10. The molecule has 0 radical (unpaired) electrons. The molecule has 0 fully saturated rings. The quantitative estimate of drug-likeness (QED) is 0.925. The molecule has 0 bridgehead atoms. The molecule has 3 atom stereocenters. The number of aliphatic hydroxyl groups excluding tert-OH is 1. The molecular formula is C12H13BrClNO2. The molecule has 1 aromatic rings. The van der Waals surface area contributed by atoms with Crippen molar-refractivity contribution in [3.05, 3.63) is 33.3 Å². The third-order valence-corrected chi connectivity index (χ3v) is 3.21. The summed E-state index contributed by atoms with van der Waals surface area (Å²) in [7, 11) is 0. The Bertz CT molecular complexity index is 431. The number of nitrogens with zero attached hydrogens (tertiary/aromatic N) is 1. The van der Waals surface area contributed by atoms with E-state index in [1.807, 2.05) is 6.07 Å². The lowest BCUT2D eigenvalue weighted by atomic mass is 10.1. The van der Waals surface area contributed by atoms with Gasteiger partial charge < -0.3 is 9.84 Å². The lowest BCUT2D eigenvalue weighted by Crippen LogP contribution is -2.24. The minimum absolute atomic E-state index is 0.431. The van der Waals surface area contributed by atoms with Gasteiger partial charge in [0.05, 0.1) is 18.3 Å². The first-order chi connectivity index (χ1) is 7.95. The number of nitriles is 1. The van der Waals surface area contributed by atoms with Crippen LogP contribution in [0.2, 0.25) is 5.02 Å². The molecule has 3 nitrogen and oxygen atoms in total. The van der Waals surface area contributed by atoms with E-state index in [1.165, 1.54) is 0 Å². The Hall–Kier alpha value is -0.600.